The van der Waals surface area contributed by atoms with Gasteiger partial charge in [0.2, 0.25) is 5.91 Å². The third kappa shape index (κ3) is 2.66. The highest BCUT2D eigenvalue weighted by Crippen LogP contribution is 2.21. The lowest BCUT2D eigenvalue weighted by molar-refractivity contribution is -0.305. The molecule has 1 aliphatic heterocycles. The summed E-state index contributed by atoms with van der Waals surface area (Å²) in [6.45, 7) is -0.538. The first-order valence-electron chi connectivity index (χ1n) is 5.92. The van der Waals surface area contributed by atoms with Crippen LogP contribution in [0.3, 0.4) is 0 Å². The molecule has 1 aromatic carbocycles. The number of benzene rings is 1. The van der Waals surface area contributed by atoms with Gasteiger partial charge in [-0.1, -0.05) is 12.1 Å². The number of amides is 3. The van der Waals surface area contributed by atoms with Crippen LogP contribution in [0.1, 0.15) is 27.1 Å². The molecule has 1 N–H and O–H groups in total. The summed E-state index contributed by atoms with van der Waals surface area (Å²) in [5, 5.41) is 12.5. The molecule has 0 atom stereocenters. The van der Waals surface area contributed by atoms with Gasteiger partial charge in [-0.3, -0.25) is 19.3 Å². The van der Waals surface area contributed by atoms with Crippen LogP contribution in [0.25, 0.3) is 0 Å². The fourth-order valence-corrected chi connectivity index (χ4v) is 1.89. The van der Waals surface area contributed by atoms with Crippen molar-refractivity contribution in [2.45, 2.75) is 6.42 Å². The number of hydrogen-bond acceptors (Lipinski definition) is 5. The van der Waals surface area contributed by atoms with E-state index >= 15 is 0 Å². The monoisotopic (exact) mass is 275 g/mol. The molecule has 1 aromatic rings. The number of aliphatic carboxylic acids is 1. The van der Waals surface area contributed by atoms with Crippen LogP contribution in [0.15, 0.2) is 24.3 Å². The normalized spacial score (nSPS) is 13.3. The Hall–Kier alpha value is -2.70. The molecule has 0 aromatic heterocycles. The summed E-state index contributed by atoms with van der Waals surface area (Å²) in [4.78, 5) is 46.5. The Morgan fingerprint density at radius 1 is 1.10 bits per heavy atom. The summed E-state index contributed by atoms with van der Waals surface area (Å²) in [5.74, 6) is -2.94. The number of nitrogens with one attached hydrogen (secondary N) is 1. The van der Waals surface area contributed by atoms with E-state index in [0.29, 0.717) is 0 Å². The minimum Gasteiger partial charge on any atom is -0.550 e. The van der Waals surface area contributed by atoms with Crippen LogP contribution in [0.5, 0.6) is 0 Å². The summed E-state index contributed by atoms with van der Waals surface area (Å²) in [6, 6.07) is 6.30. The Bertz CT molecular complexity index is 561. The topological polar surface area (TPSA) is 107 Å². The summed E-state index contributed by atoms with van der Waals surface area (Å²) in [6.07, 6.45) is -0.326. The van der Waals surface area contributed by atoms with Crippen molar-refractivity contribution >= 4 is 23.7 Å². The number of carboxylic acids is 1. The number of imide groups is 1. The lowest BCUT2D eigenvalue weighted by Gasteiger charge is -2.13. The van der Waals surface area contributed by atoms with E-state index in [2.05, 4.69) is 5.32 Å². The first kappa shape index (κ1) is 13.7. The van der Waals surface area contributed by atoms with Gasteiger partial charge in [0.25, 0.3) is 11.8 Å². The zero-order valence-electron chi connectivity index (χ0n) is 10.4. The van der Waals surface area contributed by atoms with Crippen molar-refractivity contribution in [1.82, 2.24) is 10.2 Å². The van der Waals surface area contributed by atoms with Gasteiger partial charge >= 0.3 is 0 Å². The van der Waals surface area contributed by atoms with Crippen molar-refractivity contribution in [1.29, 1.82) is 0 Å². The Morgan fingerprint density at radius 3 is 2.15 bits per heavy atom. The molecule has 7 heteroatoms. The SMILES string of the molecule is O=C([O-])CCNC(=O)CN1C(=O)c2ccccc2C1=O. The van der Waals surface area contributed by atoms with Gasteiger partial charge in [-0.25, -0.2) is 0 Å². The average molecular weight is 275 g/mol. The quantitative estimate of drug-likeness (QED) is 0.661. The summed E-state index contributed by atoms with van der Waals surface area (Å²) in [5.41, 5.74) is 0.528. The minimum absolute atomic E-state index is 0.107. The molecule has 0 radical (unpaired) electrons. The van der Waals surface area contributed by atoms with E-state index in [-0.39, 0.29) is 24.1 Å². The maximum Gasteiger partial charge on any atom is 0.262 e. The predicted molar refractivity (Wildman–Crippen MR) is 64.4 cm³/mol. The molecule has 7 nitrogen and oxygen atoms in total. The number of hydrogen-bond donors (Lipinski definition) is 1. The van der Waals surface area contributed by atoms with Gasteiger partial charge in [0, 0.05) is 18.9 Å². The van der Waals surface area contributed by atoms with Gasteiger partial charge in [-0.15, -0.1) is 0 Å². The fraction of sp³-hybridized carbons (Fsp3) is 0.231. The Labute approximate surface area is 114 Å². The predicted octanol–water partition coefficient (Wildman–Crippen LogP) is -1.46. The van der Waals surface area contributed by atoms with Crippen molar-refractivity contribution in [2.75, 3.05) is 13.1 Å². The third-order valence-electron chi connectivity index (χ3n) is 2.83. The van der Waals surface area contributed by atoms with E-state index in [9.17, 15) is 24.3 Å². The molecule has 0 unspecified atom stereocenters. The maximum absolute atomic E-state index is 11.9. The van der Waals surface area contributed by atoms with Crippen LogP contribution in [0.4, 0.5) is 0 Å². The second kappa shape index (κ2) is 5.52. The smallest absolute Gasteiger partial charge is 0.262 e. The molecular formula is C13H11N2O5-. The molecule has 0 saturated heterocycles. The van der Waals surface area contributed by atoms with Crippen molar-refractivity contribution in [3.05, 3.63) is 35.4 Å². The average Bonchev–Trinajstić information content (AvgIpc) is 2.64. The number of nitrogens with zero attached hydrogens (tertiary/aromatic N) is 1. The van der Waals surface area contributed by atoms with Gasteiger partial charge < -0.3 is 15.2 Å². The minimum atomic E-state index is -1.29. The molecule has 3 amide bonds. The van der Waals surface area contributed by atoms with Crippen molar-refractivity contribution in [3.63, 3.8) is 0 Å². The second-order valence-electron chi connectivity index (χ2n) is 4.21. The lowest BCUT2D eigenvalue weighted by Crippen LogP contribution is -2.41. The summed E-state index contributed by atoms with van der Waals surface area (Å²) in [7, 11) is 0. The van der Waals surface area contributed by atoms with Gasteiger partial charge in [0.05, 0.1) is 11.1 Å². The van der Waals surface area contributed by atoms with Crippen LogP contribution in [-0.2, 0) is 9.59 Å². The Kier molecular flexibility index (Phi) is 3.79. The van der Waals surface area contributed by atoms with Gasteiger partial charge in [0.1, 0.15) is 6.54 Å². The molecule has 0 bridgehead atoms. The summed E-state index contributed by atoms with van der Waals surface area (Å²) < 4.78 is 0. The number of carbonyl (C=O) groups is 4. The highest BCUT2D eigenvalue weighted by Gasteiger charge is 2.36. The first-order valence-corrected chi connectivity index (χ1v) is 5.92. The molecule has 0 spiro atoms. The molecular weight excluding hydrogens is 264 g/mol. The number of carboxylic acid groups (broad SMARTS) is 1. The van der Waals surface area contributed by atoms with E-state index in [0.717, 1.165) is 4.90 Å². The van der Waals surface area contributed by atoms with Crippen LogP contribution >= 0.6 is 0 Å². The number of carbonyl (C=O) groups excluding carboxylic acids is 4. The standard InChI is InChI=1S/C13H12N2O5/c16-10(14-6-5-11(17)18)7-15-12(19)8-3-1-2-4-9(8)13(15)20/h1-4H,5-7H2,(H,14,16)(H,17,18)/p-1. The summed E-state index contributed by atoms with van der Waals surface area (Å²) >= 11 is 0. The zero-order chi connectivity index (χ0) is 14.7. The first-order chi connectivity index (χ1) is 9.50. The molecule has 20 heavy (non-hydrogen) atoms. The van der Waals surface area contributed by atoms with Gasteiger partial charge in [0.15, 0.2) is 0 Å². The number of fused-ring (bicyclic) bond motifs is 1. The molecule has 0 fully saturated rings. The highest BCUT2D eigenvalue weighted by atomic mass is 16.4. The van der Waals surface area contributed by atoms with E-state index in [1.807, 2.05) is 0 Å². The van der Waals surface area contributed by atoms with E-state index in [1.54, 1.807) is 12.1 Å². The molecule has 104 valence electrons. The van der Waals surface area contributed by atoms with Crippen molar-refractivity contribution in [2.24, 2.45) is 0 Å². The van der Waals surface area contributed by atoms with Gasteiger partial charge in [-0.2, -0.15) is 0 Å². The zero-order valence-corrected chi connectivity index (χ0v) is 10.4. The van der Waals surface area contributed by atoms with E-state index in [1.165, 1.54) is 12.1 Å². The molecule has 0 saturated carbocycles. The van der Waals surface area contributed by atoms with Crippen LogP contribution in [-0.4, -0.2) is 41.7 Å². The van der Waals surface area contributed by atoms with E-state index in [4.69, 9.17) is 0 Å². The van der Waals surface area contributed by atoms with Gasteiger partial charge in [-0.05, 0) is 12.1 Å². The van der Waals surface area contributed by atoms with E-state index < -0.39 is 30.2 Å². The van der Waals surface area contributed by atoms with Crippen LogP contribution in [0.2, 0.25) is 0 Å². The Balaban J connectivity index is 1.98. The molecule has 1 aliphatic rings. The van der Waals surface area contributed by atoms with Crippen molar-refractivity contribution in [3.8, 4) is 0 Å². The largest absolute Gasteiger partial charge is 0.550 e. The molecule has 0 aliphatic carbocycles. The number of rotatable bonds is 5. The van der Waals surface area contributed by atoms with Crippen LogP contribution in [0, 0.1) is 0 Å². The molecule has 2 rings (SSSR count). The third-order valence-corrected chi connectivity index (χ3v) is 2.83. The highest BCUT2D eigenvalue weighted by molar-refractivity contribution is 6.22. The van der Waals surface area contributed by atoms with Crippen LogP contribution < -0.4 is 10.4 Å². The Morgan fingerprint density at radius 2 is 1.65 bits per heavy atom. The maximum atomic E-state index is 11.9. The second-order valence-corrected chi connectivity index (χ2v) is 4.21. The molecule has 1 heterocycles. The van der Waals surface area contributed by atoms with Crippen molar-refractivity contribution < 1.29 is 24.3 Å². The fourth-order valence-electron chi connectivity index (χ4n) is 1.89. The lowest BCUT2D eigenvalue weighted by atomic mass is 10.1.